The van der Waals surface area contributed by atoms with E-state index >= 15 is 0 Å². The maximum absolute atomic E-state index is 12.9. The molecule has 2 fully saturated rings. The Labute approximate surface area is 170 Å². The molecule has 0 saturated carbocycles. The summed E-state index contributed by atoms with van der Waals surface area (Å²) in [7, 11) is 0. The monoisotopic (exact) mass is 401 g/mol. The lowest BCUT2D eigenvalue weighted by atomic mass is 9.94. The second kappa shape index (κ2) is 9.54. The van der Waals surface area contributed by atoms with Crippen molar-refractivity contribution in [1.29, 1.82) is 0 Å². The van der Waals surface area contributed by atoms with Crippen LogP contribution in [0.3, 0.4) is 0 Å². The molecule has 8 nitrogen and oxygen atoms in total. The normalized spacial score (nSPS) is 19.9. The smallest absolute Gasteiger partial charge is 0.325 e. The minimum Gasteiger partial charge on any atom is -0.465 e. The molecule has 2 heterocycles. The first-order valence-corrected chi connectivity index (χ1v) is 10.1. The number of anilines is 1. The van der Waals surface area contributed by atoms with Crippen LogP contribution in [0, 0.1) is 11.8 Å². The van der Waals surface area contributed by atoms with E-state index in [9.17, 15) is 19.2 Å². The second-order valence-electron chi connectivity index (χ2n) is 7.36. The predicted molar refractivity (Wildman–Crippen MR) is 106 cm³/mol. The van der Waals surface area contributed by atoms with Crippen LogP contribution in [0.15, 0.2) is 30.3 Å². The Morgan fingerprint density at radius 1 is 1.10 bits per heavy atom. The fraction of sp³-hybridized carbons (Fsp3) is 0.524. The molecule has 2 saturated heterocycles. The molecule has 0 radical (unpaired) electrons. The zero-order valence-corrected chi connectivity index (χ0v) is 16.6. The average Bonchev–Trinajstić information content (AvgIpc) is 3.14. The van der Waals surface area contributed by atoms with E-state index in [1.165, 1.54) is 0 Å². The summed E-state index contributed by atoms with van der Waals surface area (Å²) in [6, 6.07) is 9.36. The van der Waals surface area contributed by atoms with Crippen molar-refractivity contribution in [2.75, 3.05) is 37.7 Å². The van der Waals surface area contributed by atoms with Gasteiger partial charge in [-0.2, -0.15) is 0 Å². The van der Waals surface area contributed by atoms with E-state index < -0.39 is 5.97 Å². The molecule has 1 atom stereocenters. The molecule has 29 heavy (non-hydrogen) atoms. The number of benzene rings is 1. The summed E-state index contributed by atoms with van der Waals surface area (Å²) in [5.74, 6) is -1.28. The molecule has 2 aliphatic heterocycles. The number of nitrogens with zero attached hydrogens (tertiary/aromatic N) is 2. The number of rotatable bonds is 6. The third kappa shape index (κ3) is 5.13. The van der Waals surface area contributed by atoms with Crippen LogP contribution in [-0.2, 0) is 23.9 Å². The lowest BCUT2D eigenvalue weighted by Gasteiger charge is -2.32. The van der Waals surface area contributed by atoms with Crippen LogP contribution >= 0.6 is 0 Å². The van der Waals surface area contributed by atoms with E-state index in [4.69, 9.17) is 4.74 Å². The largest absolute Gasteiger partial charge is 0.465 e. The lowest BCUT2D eigenvalue weighted by molar-refractivity contribution is -0.144. The summed E-state index contributed by atoms with van der Waals surface area (Å²) in [6.07, 6.45) is 1.31. The molecule has 2 aliphatic rings. The van der Waals surface area contributed by atoms with Crippen molar-refractivity contribution in [3.63, 3.8) is 0 Å². The number of hydrogen-bond acceptors (Lipinski definition) is 5. The number of nitrogens with one attached hydrogen (secondary N) is 1. The summed E-state index contributed by atoms with van der Waals surface area (Å²) >= 11 is 0. The van der Waals surface area contributed by atoms with E-state index in [1.54, 1.807) is 16.7 Å². The van der Waals surface area contributed by atoms with Crippen molar-refractivity contribution in [2.24, 2.45) is 11.8 Å². The van der Waals surface area contributed by atoms with Gasteiger partial charge in [0, 0.05) is 37.7 Å². The highest BCUT2D eigenvalue weighted by Gasteiger charge is 2.38. The summed E-state index contributed by atoms with van der Waals surface area (Å²) in [5.41, 5.74) is 0.810. The van der Waals surface area contributed by atoms with Crippen molar-refractivity contribution >= 4 is 29.4 Å². The van der Waals surface area contributed by atoms with E-state index in [-0.39, 0.29) is 49.1 Å². The van der Waals surface area contributed by atoms with Crippen LogP contribution < -0.4 is 10.2 Å². The highest BCUT2D eigenvalue weighted by Crippen LogP contribution is 2.27. The van der Waals surface area contributed by atoms with Crippen LogP contribution in [0.1, 0.15) is 26.2 Å². The van der Waals surface area contributed by atoms with Gasteiger partial charge in [-0.05, 0) is 31.9 Å². The first-order valence-electron chi connectivity index (χ1n) is 10.1. The third-order valence-corrected chi connectivity index (χ3v) is 5.43. The number of hydrogen-bond donors (Lipinski definition) is 1. The van der Waals surface area contributed by atoms with Gasteiger partial charge in [-0.15, -0.1) is 0 Å². The topological polar surface area (TPSA) is 96.0 Å². The molecule has 1 aromatic rings. The van der Waals surface area contributed by atoms with Crippen LogP contribution in [0.4, 0.5) is 5.69 Å². The highest BCUT2D eigenvalue weighted by atomic mass is 16.5. The minimum absolute atomic E-state index is 0.0258. The third-order valence-electron chi connectivity index (χ3n) is 5.43. The molecular formula is C21H27N3O5. The molecule has 1 unspecified atom stereocenters. The minimum atomic E-state index is -0.456. The molecule has 3 amide bonds. The zero-order valence-electron chi connectivity index (χ0n) is 16.6. The van der Waals surface area contributed by atoms with Gasteiger partial charge >= 0.3 is 5.97 Å². The van der Waals surface area contributed by atoms with Crippen molar-refractivity contribution in [3.8, 4) is 0 Å². The first-order chi connectivity index (χ1) is 14.0. The quantitative estimate of drug-likeness (QED) is 0.717. The number of carbonyl (C=O) groups is 4. The predicted octanol–water partition coefficient (Wildman–Crippen LogP) is 0.957. The van der Waals surface area contributed by atoms with Crippen LogP contribution in [0.2, 0.25) is 0 Å². The van der Waals surface area contributed by atoms with Gasteiger partial charge in [0.05, 0.1) is 12.5 Å². The Bertz CT molecular complexity index is 759. The molecular weight excluding hydrogens is 374 g/mol. The summed E-state index contributed by atoms with van der Waals surface area (Å²) < 4.78 is 4.80. The van der Waals surface area contributed by atoms with Gasteiger partial charge < -0.3 is 19.9 Å². The maximum atomic E-state index is 12.9. The lowest BCUT2D eigenvalue weighted by Crippen LogP contribution is -2.46. The average molecular weight is 401 g/mol. The Morgan fingerprint density at radius 3 is 2.45 bits per heavy atom. The summed E-state index contributed by atoms with van der Waals surface area (Å²) in [5, 5.41) is 2.60. The number of para-hydroxylation sites is 1. The highest BCUT2D eigenvalue weighted by molar-refractivity contribution is 6.00. The van der Waals surface area contributed by atoms with E-state index in [0.29, 0.717) is 32.5 Å². The molecule has 3 rings (SSSR count). The number of esters is 1. The SMILES string of the molecule is CCOC(=O)CNC(=O)C1CCN(C(=O)C2CC(=O)N(c3ccccc3)C2)CC1. The zero-order chi connectivity index (χ0) is 20.8. The molecule has 0 spiro atoms. The molecule has 0 bridgehead atoms. The molecule has 1 aromatic carbocycles. The van der Waals surface area contributed by atoms with Gasteiger partial charge in [-0.1, -0.05) is 18.2 Å². The van der Waals surface area contributed by atoms with Crippen molar-refractivity contribution in [2.45, 2.75) is 26.2 Å². The van der Waals surface area contributed by atoms with Gasteiger partial charge in [-0.25, -0.2) is 0 Å². The van der Waals surface area contributed by atoms with E-state index in [1.807, 2.05) is 30.3 Å². The van der Waals surface area contributed by atoms with Gasteiger partial charge in [0.1, 0.15) is 6.54 Å². The maximum Gasteiger partial charge on any atom is 0.325 e. The van der Waals surface area contributed by atoms with Crippen molar-refractivity contribution in [1.82, 2.24) is 10.2 Å². The summed E-state index contributed by atoms with van der Waals surface area (Å²) in [6.45, 7) is 3.20. The Hall–Kier alpha value is -2.90. The van der Waals surface area contributed by atoms with Crippen molar-refractivity contribution < 1.29 is 23.9 Å². The number of ether oxygens (including phenoxy) is 1. The van der Waals surface area contributed by atoms with Gasteiger partial charge in [0.2, 0.25) is 17.7 Å². The standard InChI is InChI=1S/C21H27N3O5/c1-2-29-19(26)13-22-20(27)15-8-10-23(11-9-15)21(28)16-12-18(25)24(14-16)17-6-4-3-5-7-17/h3-7,15-16H,2,8-14H2,1H3,(H,22,27). The molecule has 0 aliphatic carbocycles. The van der Waals surface area contributed by atoms with Crippen LogP contribution in [-0.4, -0.2) is 61.4 Å². The second-order valence-corrected chi connectivity index (χ2v) is 7.36. The van der Waals surface area contributed by atoms with Crippen LogP contribution in [0.25, 0.3) is 0 Å². The molecule has 0 aromatic heterocycles. The molecule has 8 heteroatoms. The number of piperidine rings is 1. The first kappa shape index (κ1) is 20.8. The number of amides is 3. The van der Waals surface area contributed by atoms with E-state index in [2.05, 4.69) is 5.32 Å². The van der Waals surface area contributed by atoms with Gasteiger partial charge in [-0.3, -0.25) is 19.2 Å². The van der Waals surface area contributed by atoms with E-state index in [0.717, 1.165) is 5.69 Å². The fourth-order valence-electron chi connectivity index (χ4n) is 3.87. The Morgan fingerprint density at radius 2 is 1.79 bits per heavy atom. The van der Waals surface area contributed by atoms with Gasteiger partial charge in [0.15, 0.2) is 0 Å². The number of likely N-dealkylation sites (tertiary alicyclic amines) is 1. The molecule has 156 valence electrons. The molecule has 1 N–H and O–H groups in total. The van der Waals surface area contributed by atoms with Gasteiger partial charge in [0.25, 0.3) is 0 Å². The van der Waals surface area contributed by atoms with Crippen LogP contribution in [0.5, 0.6) is 0 Å². The Kier molecular flexibility index (Phi) is 6.85. The summed E-state index contributed by atoms with van der Waals surface area (Å²) in [4.78, 5) is 52.2. The Balaban J connectivity index is 1.47. The number of carbonyl (C=O) groups excluding carboxylic acids is 4. The van der Waals surface area contributed by atoms with Crippen molar-refractivity contribution in [3.05, 3.63) is 30.3 Å². The fourth-order valence-corrected chi connectivity index (χ4v) is 3.87.